The van der Waals surface area contributed by atoms with Gasteiger partial charge in [-0.25, -0.2) is 9.97 Å². The minimum atomic E-state index is -0.00548. The van der Waals surface area contributed by atoms with Crippen molar-refractivity contribution in [2.75, 3.05) is 19.7 Å². The molecule has 2 aromatic heterocycles. The maximum absolute atomic E-state index is 12.9. The summed E-state index contributed by atoms with van der Waals surface area (Å²) in [6.45, 7) is 4.08. The van der Waals surface area contributed by atoms with Gasteiger partial charge in [-0.05, 0) is 31.9 Å². The van der Waals surface area contributed by atoms with Crippen molar-refractivity contribution in [3.63, 3.8) is 0 Å². The molecule has 6 heteroatoms. The molecule has 0 atom stereocenters. The van der Waals surface area contributed by atoms with E-state index in [1.807, 2.05) is 54.4 Å². The van der Waals surface area contributed by atoms with Crippen LogP contribution in [0.2, 0.25) is 0 Å². The standard InChI is InChI=1S/C21H24N4O2/c1-15-14-22-20(25(15)12-13-26)17-8-10-24(11-9-17)21(27)19-7-6-16-4-2-3-5-18(16)23-19/h2-7,14,17,26H,8-13H2,1H3. The maximum atomic E-state index is 12.9. The second-order valence-electron chi connectivity index (χ2n) is 7.09. The number of para-hydroxylation sites is 1. The number of likely N-dealkylation sites (tertiary alicyclic amines) is 1. The molecule has 0 saturated carbocycles. The van der Waals surface area contributed by atoms with Crippen molar-refractivity contribution in [3.05, 3.63) is 59.8 Å². The number of carbonyl (C=O) groups is 1. The average molecular weight is 364 g/mol. The van der Waals surface area contributed by atoms with Crippen LogP contribution >= 0.6 is 0 Å². The summed E-state index contributed by atoms with van der Waals surface area (Å²) in [7, 11) is 0. The van der Waals surface area contributed by atoms with Gasteiger partial charge >= 0.3 is 0 Å². The Balaban J connectivity index is 1.46. The fourth-order valence-electron chi connectivity index (χ4n) is 3.88. The van der Waals surface area contributed by atoms with E-state index in [0.29, 0.717) is 31.2 Å². The number of pyridine rings is 1. The van der Waals surface area contributed by atoms with Crippen LogP contribution in [0.1, 0.15) is 40.8 Å². The number of aryl methyl sites for hydroxylation is 1. The predicted octanol–water partition coefficient (Wildman–Crippen LogP) is 2.75. The zero-order valence-electron chi connectivity index (χ0n) is 15.5. The zero-order chi connectivity index (χ0) is 18.8. The first-order chi connectivity index (χ1) is 13.2. The van der Waals surface area contributed by atoms with Gasteiger partial charge in [0.2, 0.25) is 0 Å². The van der Waals surface area contributed by atoms with E-state index in [4.69, 9.17) is 0 Å². The van der Waals surface area contributed by atoms with Crippen LogP contribution in [0, 0.1) is 6.92 Å². The summed E-state index contributed by atoms with van der Waals surface area (Å²) in [5.74, 6) is 1.34. The number of imidazole rings is 1. The molecule has 6 nitrogen and oxygen atoms in total. The van der Waals surface area contributed by atoms with Crippen molar-refractivity contribution in [1.82, 2.24) is 19.4 Å². The van der Waals surface area contributed by atoms with E-state index in [1.54, 1.807) is 0 Å². The zero-order valence-corrected chi connectivity index (χ0v) is 15.5. The number of carbonyl (C=O) groups excluding carboxylic acids is 1. The number of amides is 1. The Morgan fingerprint density at radius 3 is 2.74 bits per heavy atom. The second kappa shape index (κ2) is 7.48. The second-order valence-corrected chi connectivity index (χ2v) is 7.09. The number of piperidine rings is 1. The SMILES string of the molecule is Cc1cnc(C2CCN(C(=O)c3ccc4ccccc4n3)CC2)n1CCO. The van der Waals surface area contributed by atoms with Crippen LogP contribution in [0.15, 0.2) is 42.6 Å². The van der Waals surface area contributed by atoms with Crippen LogP contribution in [0.3, 0.4) is 0 Å². The summed E-state index contributed by atoms with van der Waals surface area (Å²) in [6, 6.07) is 11.6. The number of benzene rings is 1. The van der Waals surface area contributed by atoms with E-state index >= 15 is 0 Å². The molecule has 0 spiro atoms. The highest BCUT2D eigenvalue weighted by molar-refractivity contribution is 5.95. The van der Waals surface area contributed by atoms with Gasteiger partial charge < -0.3 is 14.6 Å². The van der Waals surface area contributed by atoms with Crippen LogP contribution in [-0.4, -0.2) is 50.1 Å². The molecule has 4 rings (SSSR count). The monoisotopic (exact) mass is 364 g/mol. The Kier molecular flexibility index (Phi) is 4.90. The third-order valence-electron chi connectivity index (χ3n) is 5.37. The summed E-state index contributed by atoms with van der Waals surface area (Å²) in [6.07, 6.45) is 3.62. The fraction of sp³-hybridized carbons (Fsp3) is 0.381. The Morgan fingerprint density at radius 1 is 1.19 bits per heavy atom. The molecule has 0 unspecified atom stereocenters. The molecule has 140 valence electrons. The third-order valence-corrected chi connectivity index (χ3v) is 5.37. The van der Waals surface area contributed by atoms with Gasteiger partial charge in [-0.15, -0.1) is 0 Å². The van der Waals surface area contributed by atoms with Gasteiger partial charge in [0.15, 0.2) is 0 Å². The fourth-order valence-corrected chi connectivity index (χ4v) is 3.88. The Labute approximate surface area is 158 Å². The number of fused-ring (bicyclic) bond motifs is 1. The summed E-state index contributed by atoms with van der Waals surface area (Å²) < 4.78 is 2.09. The van der Waals surface area contributed by atoms with Crippen LogP contribution < -0.4 is 0 Å². The molecule has 27 heavy (non-hydrogen) atoms. The lowest BCUT2D eigenvalue weighted by atomic mass is 9.95. The normalized spacial score (nSPS) is 15.4. The molecular formula is C21H24N4O2. The van der Waals surface area contributed by atoms with Gasteiger partial charge in [0.05, 0.1) is 12.1 Å². The number of rotatable bonds is 4. The molecule has 0 bridgehead atoms. The highest BCUT2D eigenvalue weighted by Gasteiger charge is 2.28. The van der Waals surface area contributed by atoms with Crippen LogP contribution in [0.5, 0.6) is 0 Å². The van der Waals surface area contributed by atoms with E-state index in [-0.39, 0.29) is 12.5 Å². The van der Waals surface area contributed by atoms with Gasteiger partial charge in [-0.1, -0.05) is 24.3 Å². The van der Waals surface area contributed by atoms with E-state index in [0.717, 1.165) is 35.3 Å². The van der Waals surface area contributed by atoms with Crippen LogP contribution in [-0.2, 0) is 6.54 Å². The number of aromatic nitrogens is 3. The lowest BCUT2D eigenvalue weighted by Crippen LogP contribution is -2.38. The Bertz CT molecular complexity index is 958. The first-order valence-corrected chi connectivity index (χ1v) is 9.45. The maximum Gasteiger partial charge on any atom is 0.272 e. The molecule has 3 aromatic rings. The van der Waals surface area contributed by atoms with Gasteiger partial charge in [0.1, 0.15) is 11.5 Å². The number of aliphatic hydroxyl groups excluding tert-OH is 1. The van der Waals surface area contributed by atoms with E-state index in [9.17, 15) is 9.90 Å². The molecule has 3 heterocycles. The molecule has 1 aromatic carbocycles. The van der Waals surface area contributed by atoms with Crippen LogP contribution in [0.4, 0.5) is 0 Å². The summed E-state index contributed by atoms with van der Waals surface area (Å²) >= 11 is 0. The molecule has 1 fully saturated rings. The van der Waals surface area contributed by atoms with Crippen molar-refractivity contribution >= 4 is 16.8 Å². The molecule has 1 amide bonds. The number of nitrogens with zero attached hydrogens (tertiary/aromatic N) is 4. The van der Waals surface area contributed by atoms with Crippen molar-refractivity contribution < 1.29 is 9.90 Å². The van der Waals surface area contributed by atoms with Crippen molar-refractivity contribution in [3.8, 4) is 0 Å². The van der Waals surface area contributed by atoms with Gasteiger partial charge in [0.25, 0.3) is 5.91 Å². The number of aliphatic hydroxyl groups is 1. The number of hydrogen-bond acceptors (Lipinski definition) is 4. The highest BCUT2D eigenvalue weighted by atomic mass is 16.3. The lowest BCUT2D eigenvalue weighted by molar-refractivity contribution is 0.0704. The first-order valence-electron chi connectivity index (χ1n) is 9.45. The smallest absolute Gasteiger partial charge is 0.272 e. The average Bonchev–Trinajstić information content (AvgIpc) is 3.08. The minimum absolute atomic E-state index is 0.00548. The summed E-state index contributed by atoms with van der Waals surface area (Å²) in [5.41, 5.74) is 2.42. The van der Waals surface area contributed by atoms with Crippen molar-refractivity contribution in [2.24, 2.45) is 0 Å². The first kappa shape index (κ1) is 17.7. The summed E-state index contributed by atoms with van der Waals surface area (Å²) in [4.78, 5) is 23.8. The minimum Gasteiger partial charge on any atom is -0.395 e. The van der Waals surface area contributed by atoms with Gasteiger partial charge in [-0.2, -0.15) is 0 Å². The quantitative estimate of drug-likeness (QED) is 0.773. The molecule has 0 radical (unpaired) electrons. The predicted molar refractivity (Wildman–Crippen MR) is 104 cm³/mol. The molecular weight excluding hydrogens is 340 g/mol. The van der Waals surface area contributed by atoms with Crippen molar-refractivity contribution in [2.45, 2.75) is 32.2 Å². The van der Waals surface area contributed by atoms with Gasteiger partial charge in [0, 0.05) is 42.8 Å². The van der Waals surface area contributed by atoms with Crippen LogP contribution in [0.25, 0.3) is 10.9 Å². The van der Waals surface area contributed by atoms with E-state index < -0.39 is 0 Å². The number of hydrogen-bond donors (Lipinski definition) is 1. The molecule has 1 saturated heterocycles. The molecule has 1 aliphatic rings. The topological polar surface area (TPSA) is 71.2 Å². The largest absolute Gasteiger partial charge is 0.395 e. The molecule has 0 aliphatic carbocycles. The van der Waals surface area contributed by atoms with Gasteiger partial charge in [-0.3, -0.25) is 4.79 Å². The molecule has 1 N–H and O–H groups in total. The van der Waals surface area contributed by atoms with Crippen molar-refractivity contribution in [1.29, 1.82) is 0 Å². The Morgan fingerprint density at radius 2 is 1.96 bits per heavy atom. The molecule has 1 aliphatic heterocycles. The summed E-state index contributed by atoms with van der Waals surface area (Å²) in [5, 5.41) is 10.3. The lowest BCUT2D eigenvalue weighted by Gasteiger charge is -2.32. The third kappa shape index (κ3) is 3.45. The van der Waals surface area contributed by atoms with E-state index in [2.05, 4.69) is 14.5 Å². The van der Waals surface area contributed by atoms with E-state index in [1.165, 1.54) is 0 Å². The highest BCUT2D eigenvalue weighted by Crippen LogP contribution is 2.28. The Hall–Kier alpha value is -2.73.